The smallest absolute Gasteiger partial charge is 0.335 e. The fourth-order valence-electron chi connectivity index (χ4n) is 2.41. The number of aromatic carboxylic acids is 1. The van der Waals surface area contributed by atoms with Crippen molar-refractivity contribution in [3.8, 4) is 0 Å². The average Bonchev–Trinajstić information content (AvgIpc) is 3.19. The van der Waals surface area contributed by atoms with Crippen molar-refractivity contribution in [3.05, 3.63) is 28.8 Å². The third-order valence-corrected chi connectivity index (χ3v) is 4.15. The Morgan fingerprint density at radius 1 is 1.38 bits per heavy atom. The zero-order valence-corrected chi connectivity index (χ0v) is 12.7. The molecule has 0 saturated heterocycles. The quantitative estimate of drug-likeness (QED) is 0.749. The lowest BCUT2D eigenvalue weighted by Gasteiger charge is -2.15. The SMILES string of the molecule is CCCC1(CNC(=O)Nc2cc(C(=O)O)ccc2Cl)CC1. The van der Waals surface area contributed by atoms with Gasteiger partial charge in [0, 0.05) is 6.54 Å². The summed E-state index contributed by atoms with van der Waals surface area (Å²) in [6.07, 6.45) is 4.52. The summed E-state index contributed by atoms with van der Waals surface area (Å²) >= 11 is 5.96. The van der Waals surface area contributed by atoms with Gasteiger partial charge in [-0.1, -0.05) is 24.9 Å². The molecule has 114 valence electrons. The Morgan fingerprint density at radius 2 is 2.10 bits per heavy atom. The molecule has 0 spiro atoms. The lowest BCUT2D eigenvalue weighted by molar-refractivity contribution is 0.0697. The molecule has 0 bridgehead atoms. The molecule has 5 nitrogen and oxygen atoms in total. The summed E-state index contributed by atoms with van der Waals surface area (Å²) in [5, 5.41) is 14.7. The van der Waals surface area contributed by atoms with E-state index < -0.39 is 5.97 Å². The van der Waals surface area contributed by atoms with E-state index in [1.807, 2.05) is 0 Å². The molecule has 1 aromatic rings. The van der Waals surface area contributed by atoms with Crippen LogP contribution in [-0.4, -0.2) is 23.7 Å². The summed E-state index contributed by atoms with van der Waals surface area (Å²) in [6.45, 7) is 2.78. The second-order valence-electron chi connectivity index (χ2n) is 5.56. The maximum atomic E-state index is 11.9. The molecule has 0 aromatic heterocycles. The molecule has 2 rings (SSSR count). The fraction of sp³-hybridized carbons (Fsp3) is 0.467. The van der Waals surface area contributed by atoms with Gasteiger partial charge in [-0.3, -0.25) is 0 Å². The van der Waals surface area contributed by atoms with Gasteiger partial charge in [0.2, 0.25) is 0 Å². The molecule has 0 atom stereocenters. The number of rotatable bonds is 6. The van der Waals surface area contributed by atoms with Gasteiger partial charge in [0.25, 0.3) is 0 Å². The minimum Gasteiger partial charge on any atom is -0.478 e. The van der Waals surface area contributed by atoms with E-state index >= 15 is 0 Å². The molecule has 1 aliphatic rings. The van der Waals surface area contributed by atoms with Crippen molar-refractivity contribution < 1.29 is 14.7 Å². The molecule has 1 fully saturated rings. The molecule has 3 N–H and O–H groups in total. The number of urea groups is 1. The second-order valence-corrected chi connectivity index (χ2v) is 5.96. The maximum Gasteiger partial charge on any atom is 0.335 e. The Balaban J connectivity index is 1.93. The first kappa shape index (κ1) is 15.6. The number of carbonyl (C=O) groups excluding carboxylic acids is 1. The number of benzene rings is 1. The van der Waals surface area contributed by atoms with Gasteiger partial charge in [-0.25, -0.2) is 9.59 Å². The van der Waals surface area contributed by atoms with E-state index in [1.165, 1.54) is 18.2 Å². The van der Waals surface area contributed by atoms with Crippen molar-refractivity contribution >= 4 is 29.3 Å². The Morgan fingerprint density at radius 3 is 2.67 bits per heavy atom. The molecule has 1 aliphatic carbocycles. The normalized spacial score (nSPS) is 15.3. The number of nitrogens with one attached hydrogen (secondary N) is 2. The molecule has 0 heterocycles. The summed E-state index contributed by atoms with van der Waals surface area (Å²) < 4.78 is 0. The van der Waals surface area contributed by atoms with Gasteiger partial charge >= 0.3 is 12.0 Å². The van der Waals surface area contributed by atoms with Gasteiger partial charge in [0.1, 0.15) is 0 Å². The monoisotopic (exact) mass is 310 g/mol. The highest BCUT2D eigenvalue weighted by Gasteiger charge is 2.41. The number of hydrogen-bond acceptors (Lipinski definition) is 2. The number of amides is 2. The van der Waals surface area contributed by atoms with Crippen LogP contribution in [0.15, 0.2) is 18.2 Å². The molecule has 0 radical (unpaired) electrons. The molecular weight excluding hydrogens is 292 g/mol. The Labute approximate surface area is 128 Å². The number of carboxylic acids is 1. The molecule has 1 aromatic carbocycles. The van der Waals surface area contributed by atoms with Crippen LogP contribution in [0.4, 0.5) is 10.5 Å². The molecule has 0 unspecified atom stereocenters. The van der Waals surface area contributed by atoms with E-state index in [2.05, 4.69) is 17.6 Å². The minimum absolute atomic E-state index is 0.0827. The van der Waals surface area contributed by atoms with Crippen molar-refractivity contribution in [2.24, 2.45) is 5.41 Å². The highest BCUT2D eigenvalue weighted by molar-refractivity contribution is 6.33. The summed E-state index contributed by atoms with van der Waals surface area (Å²) in [7, 11) is 0. The number of carbonyl (C=O) groups is 2. The van der Waals surface area contributed by atoms with Crippen LogP contribution >= 0.6 is 11.6 Å². The van der Waals surface area contributed by atoms with Crippen LogP contribution in [0.2, 0.25) is 5.02 Å². The standard InChI is InChI=1S/C15H19ClN2O3/c1-2-5-15(6-7-15)9-17-14(21)18-12-8-10(13(19)20)3-4-11(12)16/h3-4,8H,2,5-7,9H2,1H3,(H,19,20)(H2,17,18,21). The summed E-state index contributed by atoms with van der Waals surface area (Å²) in [5.41, 5.74) is 0.646. The van der Waals surface area contributed by atoms with E-state index in [-0.39, 0.29) is 17.0 Å². The summed E-state index contributed by atoms with van der Waals surface area (Å²) in [4.78, 5) is 22.8. The zero-order chi connectivity index (χ0) is 15.5. The number of hydrogen-bond donors (Lipinski definition) is 3. The van der Waals surface area contributed by atoms with E-state index in [4.69, 9.17) is 16.7 Å². The van der Waals surface area contributed by atoms with Crippen molar-refractivity contribution in [1.82, 2.24) is 5.32 Å². The lowest BCUT2D eigenvalue weighted by Crippen LogP contribution is -2.34. The second kappa shape index (κ2) is 6.35. The lowest BCUT2D eigenvalue weighted by atomic mass is 10.0. The first-order valence-electron chi connectivity index (χ1n) is 7.03. The molecule has 6 heteroatoms. The van der Waals surface area contributed by atoms with Gasteiger partial charge in [0.05, 0.1) is 16.3 Å². The maximum absolute atomic E-state index is 11.9. The average molecular weight is 311 g/mol. The van der Waals surface area contributed by atoms with Crippen LogP contribution in [0, 0.1) is 5.41 Å². The molecule has 0 aliphatic heterocycles. The van der Waals surface area contributed by atoms with Crippen LogP contribution in [0.25, 0.3) is 0 Å². The van der Waals surface area contributed by atoms with Crippen molar-refractivity contribution in [2.45, 2.75) is 32.6 Å². The highest BCUT2D eigenvalue weighted by atomic mass is 35.5. The fourth-order valence-corrected chi connectivity index (χ4v) is 2.58. The topological polar surface area (TPSA) is 78.4 Å². The van der Waals surface area contributed by atoms with Gasteiger partial charge in [-0.15, -0.1) is 0 Å². The largest absolute Gasteiger partial charge is 0.478 e. The summed E-state index contributed by atoms with van der Waals surface area (Å²) in [5.74, 6) is -1.06. The van der Waals surface area contributed by atoms with Crippen LogP contribution in [0.5, 0.6) is 0 Å². The number of carboxylic acid groups (broad SMARTS) is 1. The molecular formula is C15H19ClN2O3. The van der Waals surface area contributed by atoms with E-state index in [0.29, 0.717) is 17.3 Å². The van der Waals surface area contributed by atoms with E-state index in [0.717, 1.165) is 25.7 Å². The van der Waals surface area contributed by atoms with Gasteiger partial charge in [-0.05, 0) is 42.9 Å². The van der Waals surface area contributed by atoms with Crippen LogP contribution in [-0.2, 0) is 0 Å². The van der Waals surface area contributed by atoms with Crippen molar-refractivity contribution in [2.75, 3.05) is 11.9 Å². The predicted octanol–water partition coefficient (Wildman–Crippen LogP) is 3.74. The van der Waals surface area contributed by atoms with Gasteiger partial charge in [0.15, 0.2) is 0 Å². The first-order valence-corrected chi connectivity index (χ1v) is 7.41. The third kappa shape index (κ3) is 4.11. The van der Waals surface area contributed by atoms with Crippen molar-refractivity contribution in [3.63, 3.8) is 0 Å². The Hall–Kier alpha value is -1.75. The highest BCUT2D eigenvalue weighted by Crippen LogP contribution is 2.48. The van der Waals surface area contributed by atoms with E-state index in [9.17, 15) is 9.59 Å². The Bertz CT molecular complexity index is 556. The number of anilines is 1. The van der Waals surface area contributed by atoms with Crippen LogP contribution < -0.4 is 10.6 Å². The predicted molar refractivity (Wildman–Crippen MR) is 82.0 cm³/mol. The van der Waals surface area contributed by atoms with Crippen molar-refractivity contribution in [1.29, 1.82) is 0 Å². The summed E-state index contributed by atoms with van der Waals surface area (Å²) in [6, 6.07) is 3.85. The zero-order valence-electron chi connectivity index (χ0n) is 11.9. The Kier molecular flexibility index (Phi) is 4.73. The number of halogens is 1. The molecule has 2 amide bonds. The molecule has 1 saturated carbocycles. The minimum atomic E-state index is -1.06. The van der Waals surface area contributed by atoms with Crippen LogP contribution in [0.1, 0.15) is 43.0 Å². The van der Waals surface area contributed by atoms with Gasteiger partial charge in [-0.2, -0.15) is 0 Å². The third-order valence-electron chi connectivity index (χ3n) is 3.82. The first-order chi connectivity index (χ1) is 9.96. The van der Waals surface area contributed by atoms with Gasteiger partial charge < -0.3 is 15.7 Å². The van der Waals surface area contributed by atoms with Crippen LogP contribution in [0.3, 0.4) is 0 Å². The van der Waals surface area contributed by atoms with E-state index in [1.54, 1.807) is 0 Å². The molecule has 21 heavy (non-hydrogen) atoms.